The molecule has 3 nitrogen and oxygen atoms in total. The van der Waals surface area contributed by atoms with Crippen molar-refractivity contribution in [3.63, 3.8) is 0 Å². The van der Waals surface area contributed by atoms with Gasteiger partial charge in [0.2, 0.25) is 0 Å². The molecule has 0 saturated heterocycles. The van der Waals surface area contributed by atoms with E-state index in [1.54, 1.807) is 24.8 Å². The Kier molecular flexibility index (Phi) is 7.64. The van der Waals surface area contributed by atoms with Gasteiger partial charge in [0.15, 0.2) is 0 Å². The average molecular weight is 502 g/mol. The normalized spacial score (nSPS) is 9.28. The van der Waals surface area contributed by atoms with Crippen molar-refractivity contribution in [3.05, 3.63) is 104 Å². The largest absolute Gasteiger partial charge is 0.321 e. The van der Waals surface area contributed by atoms with E-state index in [1.807, 2.05) is 66.7 Å². The van der Waals surface area contributed by atoms with Gasteiger partial charge in [-0.15, -0.1) is 42.0 Å². The topological polar surface area (TPSA) is 38.7 Å². The molecule has 0 spiro atoms. The summed E-state index contributed by atoms with van der Waals surface area (Å²) in [7, 11) is 0. The fourth-order valence-corrected chi connectivity index (χ4v) is 2.07. The van der Waals surface area contributed by atoms with Crippen molar-refractivity contribution >= 4 is 0 Å². The maximum atomic E-state index is 4.22. The number of hydrogen-bond donors (Lipinski definition) is 0. The van der Waals surface area contributed by atoms with E-state index < -0.39 is 0 Å². The number of aromatic nitrogens is 3. The minimum absolute atomic E-state index is 0. The van der Waals surface area contributed by atoms with Crippen molar-refractivity contribution in [1.82, 2.24) is 15.0 Å². The summed E-state index contributed by atoms with van der Waals surface area (Å²) in [4.78, 5) is 12.3. The molecule has 4 aromatic rings. The Morgan fingerprint density at radius 2 is 1.24 bits per heavy atom. The van der Waals surface area contributed by atoms with Gasteiger partial charge in [-0.05, 0) is 35.9 Å². The van der Waals surface area contributed by atoms with E-state index in [-0.39, 0.29) is 20.1 Å². The molecule has 0 N–H and O–H groups in total. The molecular weight excluding hydrogens is 486 g/mol. The predicted molar refractivity (Wildman–Crippen MR) is 94.8 cm³/mol. The van der Waals surface area contributed by atoms with E-state index in [9.17, 15) is 0 Å². The van der Waals surface area contributed by atoms with Gasteiger partial charge in [0.05, 0.1) is 0 Å². The van der Waals surface area contributed by atoms with Crippen LogP contribution >= 0.6 is 0 Å². The van der Waals surface area contributed by atoms with Crippen LogP contribution in [-0.4, -0.2) is 15.0 Å². The molecule has 0 unspecified atom stereocenters. The Bertz CT molecular complexity index is 689. The first-order valence-electron chi connectivity index (χ1n) is 7.55. The van der Waals surface area contributed by atoms with E-state index >= 15 is 0 Å². The van der Waals surface area contributed by atoms with Crippen LogP contribution in [0, 0.1) is 12.1 Å². The van der Waals surface area contributed by atoms with Crippen molar-refractivity contribution in [1.29, 1.82) is 0 Å². The molecule has 0 aliphatic carbocycles. The molecule has 0 bridgehead atoms. The second kappa shape index (κ2) is 10.2. The fraction of sp³-hybridized carbons (Fsp3) is 0. The first kappa shape index (κ1) is 18.7. The van der Waals surface area contributed by atoms with Crippen molar-refractivity contribution < 1.29 is 20.1 Å². The van der Waals surface area contributed by atoms with Crippen molar-refractivity contribution in [2.24, 2.45) is 0 Å². The molecule has 3 heterocycles. The monoisotopic (exact) mass is 502 g/mol. The van der Waals surface area contributed by atoms with E-state index in [0.29, 0.717) is 0 Å². The molecule has 1 aromatic carbocycles. The summed E-state index contributed by atoms with van der Waals surface area (Å²) >= 11 is 0. The second-order valence-electron chi connectivity index (χ2n) is 4.86. The van der Waals surface area contributed by atoms with Gasteiger partial charge in [0.25, 0.3) is 0 Å². The summed E-state index contributed by atoms with van der Waals surface area (Å²) in [5, 5.41) is 0. The van der Waals surface area contributed by atoms with Gasteiger partial charge in [-0.3, -0.25) is 4.98 Å². The quantitative estimate of drug-likeness (QED) is 0.380. The standard InChI is InChI=1S/C11H8N.C10H7N2.Ir/c1-2-6-10(7-3-1)11-8-4-5-9-12-11;1-2-6-12-10(3-1)9-4-7-11-8-5-9;/h1-6,8-9H;1-4,6-8H;/q2*-1;. The SMILES string of the molecule is [Ir].[c-]1ccccc1-c1ccccn1.[c-]1cnccc1-c1ccccn1. The zero-order valence-electron chi connectivity index (χ0n) is 13.3. The minimum atomic E-state index is 0. The number of hydrogen-bond acceptors (Lipinski definition) is 3. The molecule has 125 valence electrons. The number of pyridine rings is 3. The third-order valence-corrected chi connectivity index (χ3v) is 3.21. The molecule has 0 amide bonds. The van der Waals surface area contributed by atoms with Gasteiger partial charge in [-0.25, -0.2) is 0 Å². The number of nitrogens with zero attached hydrogens (tertiary/aromatic N) is 3. The van der Waals surface area contributed by atoms with Gasteiger partial charge in [0, 0.05) is 32.5 Å². The Morgan fingerprint density at radius 1 is 0.600 bits per heavy atom. The fourth-order valence-electron chi connectivity index (χ4n) is 2.07. The average Bonchev–Trinajstić information content (AvgIpc) is 2.71. The van der Waals surface area contributed by atoms with Gasteiger partial charge in [-0.1, -0.05) is 24.3 Å². The molecule has 4 heteroatoms. The number of rotatable bonds is 2. The first-order chi connectivity index (χ1) is 11.9. The summed E-state index contributed by atoms with van der Waals surface area (Å²) in [6.45, 7) is 0. The van der Waals surface area contributed by atoms with Crippen LogP contribution in [0.5, 0.6) is 0 Å². The smallest absolute Gasteiger partial charge is 0.0160 e. The maximum Gasteiger partial charge on any atom is 0.0160 e. The Hall–Kier alpha value is -2.68. The molecule has 1 radical (unpaired) electrons. The zero-order valence-corrected chi connectivity index (χ0v) is 15.7. The maximum absolute atomic E-state index is 4.22. The van der Waals surface area contributed by atoms with Crippen LogP contribution < -0.4 is 0 Å². The molecule has 0 aliphatic heterocycles. The Labute approximate surface area is 161 Å². The van der Waals surface area contributed by atoms with Crippen LogP contribution in [0.3, 0.4) is 0 Å². The zero-order chi connectivity index (χ0) is 16.5. The summed E-state index contributed by atoms with van der Waals surface area (Å²) in [6.07, 6.45) is 6.93. The van der Waals surface area contributed by atoms with Gasteiger partial charge in [-0.2, -0.15) is 11.6 Å². The molecule has 0 saturated carbocycles. The van der Waals surface area contributed by atoms with Crippen LogP contribution in [0.25, 0.3) is 22.5 Å². The van der Waals surface area contributed by atoms with Crippen molar-refractivity contribution in [3.8, 4) is 22.5 Å². The second-order valence-corrected chi connectivity index (χ2v) is 4.86. The van der Waals surface area contributed by atoms with Crippen molar-refractivity contribution in [2.45, 2.75) is 0 Å². The van der Waals surface area contributed by atoms with Crippen LogP contribution in [-0.2, 0) is 20.1 Å². The van der Waals surface area contributed by atoms with Gasteiger partial charge >= 0.3 is 0 Å². The van der Waals surface area contributed by atoms with E-state index in [4.69, 9.17) is 0 Å². The summed E-state index contributed by atoms with van der Waals surface area (Å²) in [5.41, 5.74) is 3.92. The third-order valence-electron chi connectivity index (χ3n) is 3.21. The van der Waals surface area contributed by atoms with E-state index in [1.165, 1.54) is 0 Å². The summed E-state index contributed by atoms with van der Waals surface area (Å²) in [6, 6.07) is 27.5. The molecule has 25 heavy (non-hydrogen) atoms. The van der Waals surface area contributed by atoms with Gasteiger partial charge < -0.3 is 9.97 Å². The van der Waals surface area contributed by atoms with Crippen LogP contribution in [0.1, 0.15) is 0 Å². The molecule has 0 atom stereocenters. The van der Waals surface area contributed by atoms with Crippen LogP contribution in [0.2, 0.25) is 0 Å². The molecule has 3 aromatic heterocycles. The first-order valence-corrected chi connectivity index (χ1v) is 7.55. The minimum Gasteiger partial charge on any atom is -0.321 e. The molecule has 0 aliphatic rings. The Morgan fingerprint density at radius 3 is 1.72 bits per heavy atom. The van der Waals surface area contributed by atoms with Gasteiger partial charge in [0.1, 0.15) is 0 Å². The van der Waals surface area contributed by atoms with E-state index in [0.717, 1.165) is 22.5 Å². The summed E-state index contributed by atoms with van der Waals surface area (Å²) < 4.78 is 0. The molecule has 0 fully saturated rings. The third kappa shape index (κ3) is 5.71. The van der Waals surface area contributed by atoms with Crippen LogP contribution in [0.4, 0.5) is 0 Å². The number of benzene rings is 1. The molecular formula is C21H15IrN3-2. The molecule has 4 rings (SSSR count). The van der Waals surface area contributed by atoms with Crippen LogP contribution in [0.15, 0.2) is 91.5 Å². The predicted octanol–water partition coefficient (Wildman–Crippen LogP) is 4.49. The van der Waals surface area contributed by atoms with Crippen molar-refractivity contribution in [2.75, 3.05) is 0 Å². The Balaban J connectivity index is 0.000000173. The van der Waals surface area contributed by atoms with E-state index in [2.05, 4.69) is 27.1 Å². The summed E-state index contributed by atoms with van der Waals surface area (Å²) in [5.74, 6) is 0.